The van der Waals surface area contributed by atoms with Crippen LogP contribution < -0.4 is 5.32 Å². The molecular weight excluding hydrogens is 438 g/mol. The first kappa shape index (κ1) is 34.1. The summed E-state index contributed by atoms with van der Waals surface area (Å²) in [5.74, 6) is -0.492. The Balaban J connectivity index is 3.81. The van der Waals surface area contributed by atoms with Crippen LogP contribution in [0, 0.1) is 0 Å². The van der Waals surface area contributed by atoms with Crippen LogP contribution in [0.15, 0.2) is 12.2 Å². The predicted molar refractivity (Wildman–Crippen MR) is 148 cm³/mol. The second-order valence-corrected chi connectivity index (χ2v) is 10.3. The predicted octanol–water partition coefficient (Wildman–Crippen LogP) is 6.97. The molecule has 3 atom stereocenters. The summed E-state index contributed by atoms with van der Waals surface area (Å²) in [6.07, 6.45) is 26.2. The number of nitrogens with one attached hydrogen (secondary N) is 1. The van der Waals surface area contributed by atoms with Crippen LogP contribution in [0.3, 0.4) is 0 Å². The monoisotopic (exact) mass is 497 g/mol. The highest BCUT2D eigenvalue weighted by Gasteiger charge is 2.23. The van der Waals surface area contributed by atoms with Crippen molar-refractivity contribution in [1.29, 1.82) is 0 Å². The molecule has 0 saturated heterocycles. The van der Waals surface area contributed by atoms with E-state index in [9.17, 15) is 20.1 Å². The molecule has 0 aromatic heterocycles. The van der Waals surface area contributed by atoms with E-state index in [1.165, 1.54) is 83.5 Å². The fourth-order valence-electron chi connectivity index (χ4n) is 4.42. The van der Waals surface area contributed by atoms with Crippen molar-refractivity contribution in [2.75, 3.05) is 6.61 Å². The molecule has 0 rings (SSSR count). The molecule has 0 bridgehead atoms. The lowest BCUT2D eigenvalue weighted by Gasteiger charge is -2.23. The summed E-state index contributed by atoms with van der Waals surface area (Å²) < 4.78 is 0. The summed E-state index contributed by atoms with van der Waals surface area (Å²) in [4.78, 5) is 12.3. The third-order valence-corrected chi connectivity index (χ3v) is 6.88. The van der Waals surface area contributed by atoms with Gasteiger partial charge in [-0.2, -0.15) is 0 Å². The minimum Gasteiger partial charge on any atom is -0.394 e. The zero-order chi connectivity index (χ0) is 26.0. The van der Waals surface area contributed by atoms with Crippen molar-refractivity contribution in [2.24, 2.45) is 0 Å². The molecule has 0 aromatic carbocycles. The smallest absolute Gasteiger partial charge is 0.249 e. The maximum absolute atomic E-state index is 12.3. The van der Waals surface area contributed by atoms with Crippen molar-refractivity contribution >= 4 is 5.91 Å². The van der Waals surface area contributed by atoms with Gasteiger partial charge in [-0.05, 0) is 38.5 Å². The normalized spacial score (nSPS) is 14.3. The summed E-state index contributed by atoms with van der Waals surface area (Å²) in [6, 6.07) is -0.712. The van der Waals surface area contributed by atoms with Crippen molar-refractivity contribution < 1.29 is 20.1 Å². The number of rotatable bonds is 26. The highest BCUT2D eigenvalue weighted by Crippen LogP contribution is 2.13. The molecule has 0 spiro atoms. The van der Waals surface area contributed by atoms with Crippen LogP contribution in [0.5, 0.6) is 0 Å². The molecule has 0 saturated carbocycles. The van der Waals surface area contributed by atoms with Crippen LogP contribution in [0.2, 0.25) is 0 Å². The number of hydrogen-bond donors (Lipinski definition) is 4. The molecule has 0 fully saturated rings. The van der Waals surface area contributed by atoms with Gasteiger partial charge < -0.3 is 20.6 Å². The van der Waals surface area contributed by atoms with Gasteiger partial charge >= 0.3 is 0 Å². The maximum atomic E-state index is 12.3. The van der Waals surface area contributed by atoms with Gasteiger partial charge in [-0.1, -0.05) is 122 Å². The summed E-state index contributed by atoms with van der Waals surface area (Å²) in [5, 5.41) is 32.8. The van der Waals surface area contributed by atoms with E-state index < -0.39 is 24.2 Å². The first-order valence-electron chi connectivity index (χ1n) is 15.0. The lowest BCUT2D eigenvalue weighted by atomic mass is 10.0. The van der Waals surface area contributed by atoms with E-state index in [1.54, 1.807) is 0 Å². The molecule has 5 nitrogen and oxygen atoms in total. The van der Waals surface area contributed by atoms with Crippen LogP contribution in [0.1, 0.15) is 149 Å². The number of unbranched alkanes of at least 4 members (excludes halogenated alkanes) is 16. The van der Waals surface area contributed by atoms with E-state index in [2.05, 4.69) is 31.3 Å². The van der Waals surface area contributed by atoms with Crippen LogP contribution >= 0.6 is 0 Å². The Labute approximate surface area is 217 Å². The number of hydrogen-bond acceptors (Lipinski definition) is 4. The van der Waals surface area contributed by atoms with Crippen LogP contribution in [-0.4, -0.2) is 46.1 Å². The molecule has 3 unspecified atom stereocenters. The second kappa shape index (κ2) is 26.2. The second-order valence-electron chi connectivity index (χ2n) is 10.3. The molecule has 35 heavy (non-hydrogen) atoms. The Hall–Kier alpha value is -0.910. The number of aliphatic hydroxyl groups is 3. The van der Waals surface area contributed by atoms with Gasteiger partial charge in [0.25, 0.3) is 0 Å². The topological polar surface area (TPSA) is 89.8 Å². The van der Waals surface area contributed by atoms with Gasteiger partial charge in [0.05, 0.1) is 18.8 Å². The molecule has 0 aromatic rings. The first-order chi connectivity index (χ1) is 17.1. The summed E-state index contributed by atoms with van der Waals surface area (Å²) in [5.41, 5.74) is 0. The first-order valence-corrected chi connectivity index (χ1v) is 15.0. The minimum atomic E-state index is -1.09. The van der Waals surface area contributed by atoms with Gasteiger partial charge in [0.2, 0.25) is 5.91 Å². The molecule has 0 aliphatic rings. The van der Waals surface area contributed by atoms with Gasteiger partial charge in [0, 0.05) is 0 Å². The highest BCUT2D eigenvalue weighted by atomic mass is 16.3. The van der Waals surface area contributed by atoms with E-state index in [-0.39, 0.29) is 6.61 Å². The fraction of sp³-hybridized carbons (Fsp3) is 0.900. The fourth-order valence-corrected chi connectivity index (χ4v) is 4.42. The molecule has 208 valence electrons. The lowest BCUT2D eigenvalue weighted by molar-refractivity contribution is -0.131. The number of aliphatic hydroxyl groups excluding tert-OH is 3. The van der Waals surface area contributed by atoms with Crippen LogP contribution in [0.25, 0.3) is 0 Å². The quantitative estimate of drug-likeness (QED) is 0.0767. The molecule has 4 N–H and O–H groups in total. The summed E-state index contributed by atoms with van der Waals surface area (Å²) in [7, 11) is 0. The molecule has 5 heteroatoms. The van der Waals surface area contributed by atoms with Gasteiger partial charge in [-0.3, -0.25) is 4.79 Å². The zero-order valence-electron chi connectivity index (χ0n) is 23.2. The number of amides is 1. The van der Waals surface area contributed by atoms with Gasteiger partial charge in [0.1, 0.15) is 6.10 Å². The Kier molecular flexibility index (Phi) is 25.5. The van der Waals surface area contributed by atoms with Gasteiger partial charge in [-0.25, -0.2) is 0 Å². The van der Waals surface area contributed by atoms with Crippen molar-refractivity contribution in [2.45, 2.75) is 167 Å². The number of carbonyl (C=O) groups is 1. The Morgan fingerprint density at radius 1 is 0.657 bits per heavy atom. The Bertz CT molecular complexity index is 483. The van der Waals surface area contributed by atoms with Gasteiger partial charge in [-0.15, -0.1) is 0 Å². The Morgan fingerprint density at radius 3 is 1.60 bits per heavy atom. The average Bonchev–Trinajstić information content (AvgIpc) is 2.86. The highest BCUT2D eigenvalue weighted by molar-refractivity contribution is 5.80. The van der Waals surface area contributed by atoms with E-state index in [0.717, 1.165) is 38.5 Å². The zero-order valence-corrected chi connectivity index (χ0v) is 23.2. The van der Waals surface area contributed by atoms with E-state index >= 15 is 0 Å². The maximum Gasteiger partial charge on any atom is 0.249 e. The molecular formula is C30H59NO4. The van der Waals surface area contributed by atoms with E-state index in [1.807, 2.05) is 0 Å². The van der Waals surface area contributed by atoms with Crippen molar-refractivity contribution in [3.63, 3.8) is 0 Å². The van der Waals surface area contributed by atoms with E-state index in [4.69, 9.17) is 0 Å². The summed E-state index contributed by atoms with van der Waals surface area (Å²) in [6.45, 7) is 4.15. The van der Waals surface area contributed by atoms with E-state index in [0.29, 0.717) is 12.8 Å². The number of allylic oxidation sites excluding steroid dienone is 2. The average molecular weight is 498 g/mol. The standard InChI is InChI=1S/C30H59NO4/c1-3-5-7-9-11-13-14-15-17-19-21-23-25-29(34)30(35)31-27(26-32)28(33)24-22-20-18-16-12-10-8-6-4-2/h15,17,27-29,32-34H,3-14,16,18-26H2,1-2H3,(H,31,35)/b17-15-. The van der Waals surface area contributed by atoms with Gasteiger partial charge in [0.15, 0.2) is 0 Å². The number of carbonyl (C=O) groups excluding carboxylic acids is 1. The SMILES string of the molecule is CCCCCCCC/C=C\CCCCC(O)C(=O)NC(CO)C(O)CCCCCCCCCCC. The Morgan fingerprint density at radius 2 is 1.09 bits per heavy atom. The molecule has 0 aliphatic heterocycles. The summed E-state index contributed by atoms with van der Waals surface area (Å²) >= 11 is 0. The largest absolute Gasteiger partial charge is 0.394 e. The van der Waals surface area contributed by atoms with Crippen LogP contribution in [0.4, 0.5) is 0 Å². The lowest BCUT2D eigenvalue weighted by Crippen LogP contribution is -2.49. The van der Waals surface area contributed by atoms with Crippen molar-refractivity contribution in [3.8, 4) is 0 Å². The van der Waals surface area contributed by atoms with Crippen molar-refractivity contribution in [3.05, 3.63) is 12.2 Å². The molecule has 0 radical (unpaired) electrons. The third kappa shape index (κ3) is 22.0. The molecule has 1 amide bonds. The van der Waals surface area contributed by atoms with Crippen LogP contribution in [-0.2, 0) is 4.79 Å². The molecule has 0 aliphatic carbocycles. The minimum absolute atomic E-state index is 0.319. The van der Waals surface area contributed by atoms with Crippen molar-refractivity contribution in [1.82, 2.24) is 5.32 Å². The molecule has 0 heterocycles. The third-order valence-electron chi connectivity index (χ3n) is 6.88.